The number of rotatable bonds is 3. The lowest BCUT2D eigenvalue weighted by molar-refractivity contribution is 0.480. The van der Waals surface area contributed by atoms with E-state index in [1.165, 1.54) is 18.4 Å². The molecule has 0 unspecified atom stereocenters. The minimum atomic E-state index is 0.153. The lowest BCUT2D eigenvalue weighted by Gasteiger charge is -2.04. The third kappa shape index (κ3) is 1.69. The fourth-order valence-electron chi connectivity index (χ4n) is 1.40. The minimum absolute atomic E-state index is 0.153. The molecule has 12 heavy (non-hydrogen) atoms. The molecule has 0 amide bonds. The molecule has 0 spiro atoms. The van der Waals surface area contributed by atoms with Crippen LogP contribution in [0.5, 0.6) is 0 Å². The molecule has 0 saturated heterocycles. The molecule has 2 rings (SSSR count). The summed E-state index contributed by atoms with van der Waals surface area (Å²) < 4.78 is 5.33. The molecule has 0 radical (unpaired) electrons. The molecule has 66 valence electrons. The van der Waals surface area contributed by atoms with E-state index in [0.717, 1.165) is 18.6 Å². The van der Waals surface area contributed by atoms with Gasteiger partial charge in [0, 0.05) is 12.0 Å². The zero-order valence-corrected chi connectivity index (χ0v) is 7.47. The highest BCUT2D eigenvalue weighted by Gasteiger charge is 2.37. The van der Waals surface area contributed by atoms with E-state index in [0.29, 0.717) is 0 Å². The van der Waals surface area contributed by atoms with Crippen LogP contribution in [0.1, 0.15) is 30.6 Å². The molecule has 1 saturated carbocycles. The van der Waals surface area contributed by atoms with Crippen LogP contribution in [0.4, 0.5) is 0 Å². The second-order valence-electron chi connectivity index (χ2n) is 3.95. The molecule has 0 aliphatic heterocycles. The normalized spacial score (nSPS) is 19.5. The molecule has 1 fully saturated rings. The average Bonchev–Trinajstić information content (AvgIpc) is 2.60. The first-order valence-electron chi connectivity index (χ1n) is 4.51. The summed E-state index contributed by atoms with van der Waals surface area (Å²) in [5.41, 5.74) is 7.31. The summed E-state index contributed by atoms with van der Waals surface area (Å²) in [5, 5.41) is 0. The van der Waals surface area contributed by atoms with E-state index in [4.69, 9.17) is 10.2 Å². The van der Waals surface area contributed by atoms with E-state index in [-0.39, 0.29) is 5.54 Å². The van der Waals surface area contributed by atoms with Gasteiger partial charge in [-0.15, -0.1) is 0 Å². The van der Waals surface area contributed by atoms with Crippen molar-refractivity contribution >= 4 is 0 Å². The molecule has 0 bridgehead atoms. The zero-order chi connectivity index (χ0) is 8.60. The van der Waals surface area contributed by atoms with Gasteiger partial charge >= 0.3 is 0 Å². The Hall–Kier alpha value is -0.760. The highest BCUT2D eigenvalue weighted by molar-refractivity contribution is 5.12. The molecule has 2 nitrogen and oxygen atoms in total. The number of furan rings is 1. The SMILES string of the molecule is Cc1coc(CCC2(N)CC2)c1. The van der Waals surface area contributed by atoms with Crippen molar-refractivity contribution < 1.29 is 4.42 Å². The third-order valence-corrected chi connectivity index (χ3v) is 2.55. The van der Waals surface area contributed by atoms with Crippen LogP contribution in [0.15, 0.2) is 16.7 Å². The Morgan fingerprint density at radius 2 is 2.33 bits per heavy atom. The standard InChI is InChI=1S/C10H15NO/c1-8-6-9(12-7-8)2-3-10(11)4-5-10/h6-7H,2-5,11H2,1H3. The van der Waals surface area contributed by atoms with E-state index in [2.05, 4.69) is 6.07 Å². The summed E-state index contributed by atoms with van der Waals surface area (Å²) in [4.78, 5) is 0. The predicted octanol–water partition coefficient (Wildman–Crippen LogP) is 2.01. The molecule has 1 aromatic rings. The first-order chi connectivity index (χ1) is 5.68. The van der Waals surface area contributed by atoms with E-state index in [9.17, 15) is 0 Å². The van der Waals surface area contributed by atoms with Crippen LogP contribution in [0.2, 0.25) is 0 Å². The van der Waals surface area contributed by atoms with Gasteiger partial charge in [-0.1, -0.05) is 0 Å². The molecular formula is C10H15NO. The minimum Gasteiger partial charge on any atom is -0.469 e. The molecule has 0 atom stereocenters. The average molecular weight is 165 g/mol. The summed E-state index contributed by atoms with van der Waals surface area (Å²) in [6, 6.07) is 2.09. The van der Waals surface area contributed by atoms with Crippen LogP contribution in [0.25, 0.3) is 0 Å². The second-order valence-corrected chi connectivity index (χ2v) is 3.95. The maximum absolute atomic E-state index is 5.96. The molecule has 1 aromatic heterocycles. The van der Waals surface area contributed by atoms with Crippen LogP contribution in [0, 0.1) is 6.92 Å². The van der Waals surface area contributed by atoms with Crippen LogP contribution in [-0.2, 0) is 6.42 Å². The predicted molar refractivity (Wildman–Crippen MR) is 47.9 cm³/mol. The Labute approximate surface area is 72.7 Å². The number of aryl methyl sites for hydroxylation is 2. The first-order valence-corrected chi connectivity index (χ1v) is 4.51. The summed E-state index contributed by atoms with van der Waals surface area (Å²) in [5.74, 6) is 1.07. The van der Waals surface area contributed by atoms with Crippen molar-refractivity contribution in [3.63, 3.8) is 0 Å². The van der Waals surface area contributed by atoms with Gasteiger partial charge in [0.25, 0.3) is 0 Å². The van der Waals surface area contributed by atoms with Gasteiger partial charge in [0.2, 0.25) is 0 Å². The Morgan fingerprint density at radius 1 is 1.58 bits per heavy atom. The highest BCUT2D eigenvalue weighted by Crippen LogP contribution is 2.36. The van der Waals surface area contributed by atoms with Crippen molar-refractivity contribution in [2.45, 2.75) is 38.1 Å². The van der Waals surface area contributed by atoms with Crippen molar-refractivity contribution in [3.8, 4) is 0 Å². The van der Waals surface area contributed by atoms with Gasteiger partial charge in [-0.05, 0) is 37.8 Å². The Bertz CT molecular complexity index is 273. The Balaban J connectivity index is 1.87. The van der Waals surface area contributed by atoms with Crippen molar-refractivity contribution in [2.75, 3.05) is 0 Å². The monoisotopic (exact) mass is 165 g/mol. The summed E-state index contributed by atoms with van der Waals surface area (Å²) in [7, 11) is 0. The summed E-state index contributed by atoms with van der Waals surface area (Å²) in [6.45, 7) is 2.04. The number of hydrogen-bond donors (Lipinski definition) is 1. The first kappa shape index (κ1) is 7.87. The number of nitrogens with two attached hydrogens (primary N) is 1. The van der Waals surface area contributed by atoms with Crippen molar-refractivity contribution in [2.24, 2.45) is 5.73 Å². The molecule has 1 aliphatic rings. The number of hydrogen-bond acceptors (Lipinski definition) is 2. The summed E-state index contributed by atoms with van der Waals surface area (Å²) >= 11 is 0. The van der Waals surface area contributed by atoms with Gasteiger partial charge in [0.15, 0.2) is 0 Å². The van der Waals surface area contributed by atoms with Gasteiger partial charge in [-0.25, -0.2) is 0 Å². The largest absolute Gasteiger partial charge is 0.469 e. The van der Waals surface area contributed by atoms with Crippen LogP contribution >= 0.6 is 0 Å². The lowest BCUT2D eigenvalue weighted by Crippen LogP contribution is -2.21. The van der Waals surface area contributed by atoms with E-state index in [1.807, 2.05) is 6.92 Å². The van der Waals surface area contributed by atoms with Gasteiger partial charge in [-0.2, -0.15) is 0 Å². The quantitative estimate of drug-likeness (QED) is 0.744. The Morgan fingerprint density at radius 3 is 2.83 bits per heavy atom. The molecular weight excluding hydrogens is 150 g/mol. The zero-order valence-electron chi connectivity index (χ0n) is 7.47. The second kappa shape index (κ2) is 2.63. The molecule has 0 aromatic carbocycles. The van der Waals surface area contributed by atoms with Crippen molar-refractivity contribution in [1.82, 2.24) is 0 Å². The van der Waals surface area contributed by atoms with E-state index < -0.39 is 0 Å². The fraction of sp³-hybridized carbons (Fsp3) is 0.600. The van der Waals surface area contributed by atoms with Crippen molar-refractivity contribution in [3.05, 3.63) is 23.7 Å². The third-order valence-electron chi connectivity index (χ3n) is 2.55. The van der Waals surface area contributed by atoms with Crippen molar-refractivity contribution in [1.29, 1.82) is 0 Å². The molecule has 2 heteroatoms. The van der Waals surface area contributed by atoms with E-state index in [1.54, 1.807) is 6.26 Å². The smallest absolute Gasteiger partial charge is 0.104 e. The Kier molecular flexibility index (Phi) is 1.72. The molecule has 1 aliphatic carbocycles. The van der Waals surface area contributed by atoms with Crippen LogP contribution < -0.4 is 5.73 Å². The van der Waals surface area contributed by atoms with Gasteiger partial charge in [0.1, 0.15) is 5.76 Å². The topological polar surface area (TPSA) is 39.2 Å². The molecule has 1 heterocycles. The van der Waals surface area contributed by atoms with E-state index >= 15 is 0 Å². The highest BCUT2D eigenvalue weighted by atomic mass is 16.3. The van der Waals surface area contributed by atoms with Crippen LogP contribution in [0.3, 0.4) is 0 Å². The summed E-state index contributed by atoms with van der Waals surface area (Å²) in [6.07, 6.45) is 6.23. The fourth-order valence-corrected chi connectivity index (χ4v) is 1.40. The van der Waals surface area contributed by atoms with Gasteiger partial charge < -0.3 is 10.2 Å². The van der Waals surface area contributed by atoms with Gasteiger partial charge in [-0.3, -0.25) is 0 Å². The van der Waals surface area contributed by atoms with Crippen LogP contribution in [-0.4, -0.2) is 5.54 Å². The lowest BCUT2D eigenvalue weighted by atomic mass is 10.1. The van der Waals surface area contributed by atoms with Gasteiger partial charge in [0.05, 0.1) is 6.26 Å². The maximum Gasteiger partial charge on any atom is 0.104 e. The maximum atomic E-state index is 5.96. The molecule has 2 N–H and O–H groups in total.